The highest BCUT2D eigenvalue weighted by molar-refractivity contribution is 7.90. The molecule has 9 heteroatoms. The Labute approximate surface area is 174 Å². The van der Waals surface area contributed by atoms with Crippen molar-refractivity contribution in [2.24, 2.45) is 0 Å². The first-order valence-electron chi connectivity index (χ1n) is 9.40. The average Bonchev–Trinajstić information content (AvgIpc) is 3.21. The summed E-state index contributed by atoms with van der Waals surface area (Å²) in [6.07, 6.45) is 0. The number of fused-ring (bicyclic) bond motifs is 1. The maximum absolute atomic E-state index is 12.9. The van der Waals surface area contributed by atoms with E-state index in [0.29, 0.717) is 46.4 Å². The van der Waals surface area contributed by atoms with Crippen LogP contribution in [0.1, 0.15) is 28.5 Å². The van der Waals surface area contributed by atoms with Crippen molar-refractivity contribution < 1.29 is 22.7 Å². The minimum atomic E-state index is -3.27. The summed E-state index contributed by atoms with van der Waals surface area (Å²) in [6.45, 7) is 2.42. The second-order valence-electron chi connectivity index (χ2n) is 6.83. The number of sulfone groups is 1. The molecule has 2 aromatic carbocycles. The van der Waals surface area contributed by atoms with Crippen LogP contribution >= 0.6 is 0 Å². The number of hydrogen-bond acceptors (Lipinski definition) is 6. The van der Waals surface area contributed by atoms with E-state index in [2.05, 4.69) is 10.4 Å². The van der Waals surface area contributed by atoms with Crippen molar-refractivity contribution in [3.05, 3.63) is 65.4 Å². The number of anilines is 1. The van der Waals surface area contributed by atoms with Gasteiger partial charge in [0.25, 0.3) is 5.91 Å². The molecule has 1 N–H and O–H groups in total. The molecule has 30 heavy (non-hydrogen) atoms. The molecule has 0 fully saturated rings. The lowest BCUT2D eigenvalue weighted by molar-refractivity contribution is 0.102. The highest BCUT2D eigenvalue weighted by atomic mass is 32.2. The Morgan fingerprint density at radius 3 is 2.37 bits per heavy atom. The van der Waals surface area contributed by atoms with Gasteiger partial charge >= 0.3 is 0 Å². The summed E-state index contributed by atoms with van der Waals surface area (Å²) in [4.78, 5) is 12.9. The number of methoxy groups -OCH3 is 1. The maximum Gasteiger partial charge on any atom is 0.256 e. The van der Waals surface area contributed by atoms with Crippen LogP contribution < -0.4 is 14.8 Å². The Balaban J connectivity index is 1.69. The molecule has 0 spiro atoms. The first-order chi connectivity index (χ1) is 14.4. The number of aromatic nitrogens is 2. The van der Waals surface area contributed by atoms with Crippen LogP contribution in [0.25, 0.3) is 5.69 Å². The van der Waals surface area contributed by atoms with E-state index in [1.807, 2.05) is 6.92 Å². The van der Waals surface area contributed by atoms with E-state index >= 15 is 0 Å². The van der Waals surface area contributed by atoms with Crippen molar-refractivity contribution in [1.29, 1.82) is 0 Å². The second kappa shape index (κ2) is 7.83. The van der Waals surface area contributed by atoms with Crippen molar-refractivity contribution in [2.45, 2.75) is 18.4 Å². The van der Waals surface area contributed by atoms with Gasteiger partial charge in [0, 0.05) is 11.1 Å². The van der Waals surface area contributed by atoms with Crippen LogP contribution in [0.2, 0.25) is 0 Å². The Morgan fingerprint density at radius 2 is 1.73 bits per heavy atom. The van der Waals surface area contributed by atoms with Crippen molar-refractivity contribution in [3.63, 3.8) is 0 Å². The van der Waals surface area contributed by atoms with Gasteiger partial charge in [-0.2, -0.15) is 5.10 Å². The lowest BCUT2D eigenvalue weighted by Crippen LogP contribution is -2.17. The summed E-state index contributed by atoms with van der Waals surface area (Å²) in [7, 11) is -1.70. The van der Waals surface area contributed by atoms with Crippen LogP contribution in [0.5, 0.6) is 11.5 Å². The molecule has 0 bridgehead atoms. The van der Waals surface area contributed by atoms with Gasteiger partial charge in [-0.1, -0.05) is 0 Å². The summed E-state index contributed by atoms with van der Waals surface area (Å²) in [5, 5.41) is 7.31. The fourth-order valence-corrected chi connectivity index (χ4v) is 4.82. The number of rotatable bonds is 6. The number of amides is 1. The molecule has 2 heterocycles. The topological polar surface area (TPSA) is 99.5 Å². The molecule has 1 aliphatic heterocycles. The molecule has 156 valence electrons. The molecule has 8 nitrogen and oxygen atoms in total. The molecular formula is C21H21N3O5S. The van der Waals surface area contributed by atoms with Crippen LogP contribution in [0.15, 0.2) is 48.5 Å². The molecule has 1 amide bonds. The van der Waals surface area contributed by atoms with Gasteiger partial charge in [0.05, 0.1) is 36.6 Å². The molecule has 0 aliphatic carbocycles. The third-order valence-electron chi connectivity index (χ3n) is 4.76. The van der Waals surface area contributed by atoms with Crippen molar-refractivity contribution >= 4 is 21.6 Å². The number of hydrogen-bond donors (Lipinski definition) is 1. The van der Waals surface area contributed by atoms with Crippen LogP contribution in [-0.4, -0.2) is 37.8 Å². The lowest BCUT2D eigenvalue weighted by Gasteiger charge is -2.12. The zero-order chi connectivity index (χ0) is 21.3. The van der Waals surface area contributed by atoms with Crippen LogP contribution in [-0.2, 0) is 21.3 Å². The largest absolute Gasteiger partial charge is 0.497 e. The smallest absolute Gasteiger partial charge is 0.256 e. The van der Waals surface area contributed by atoms with Gasteiger partial charge in [-0.15, -0.1) is 0 Å². The van der Waals surface area contributed by atoms with Crippen LogP contribution in [0.3, 0.4) is 0 Å². The maximum atomic E-state index is 12.9. The lowest BCUT2D eigenvalue weighted by atomic mass is 10.2. The highest BCUT2D eigenvalue weighted by Gasteiger charge is 2.33. The van der Waals surface area contributed by atoms with Crippen molar-refractivity contribution in [3.8, 4) is 17.2 Å². The number of carbonyl (C=O) groups is 1. The van der Waals surface area contributed by atoms with E-state index in [0.717, 1.165) is 0 Å². The SMILES string of the molecule is CCOc1ccc(C(=O)Nc2c3c(nn2-c2ccc(OC)cc2)CS(=O)(=O)C3)cc1. The third-order valence-corrected chi connectivity index (χ3v) is 6.21. The first kappa shape index (κ1) is 20.0. The predicted molar refractivity (Wildman–Crippen MR) is 112 cm³/mol. The number of nitrogens with one attached hydrogen (secondary N) is 1. The molecule has 4 rings (SSSR count). The summed E-state index contributed by atoms with van der Waals surface area (Å²) in [5.74, 6) is 1.05. The Morgan fingerprint density at radius 1 is 1.07 bits per heavy atom. The quantitative estimate of drug-likeness (QED) is 0.649. The van der Waals surface area contributed by atoms with Gasteiger partial charge in [0.15, 0.2) is 9.84 Å². The van der Waals surface area contributed by atoms with Gasteiger partial charge < -0.3 is 14.8 Å². The van der Waals surface area contributed by atoms with Gasteiger partial charge in [-0.25, -0.2) is 13.1 Å². The molecule has 0 saturated carbocycles. The Hall–Kier alpha value is -3.33. The molecule has 3 aromatic rings. The Kier molecular flexibility index (Phi) is 5.21. The molecule has 1 aromatic heterocycles. The summed E-state index contributed by atoms with van der Waals surface area (Å²) in [5.41, 5.74) is 2.08. The minimum absolute atomic E-state index is 0.141. The second-order valence-corrected chi connectivity index (χ2v) is 8.89. The van der Waals surface area contributed by atoms with E-state index < -0.39 is 9.84 Å². The Bertz CT molecular complexity index is 1180. The number of benzene rings is 2. The van der Waals surface area contributed by atoms with Gasteiger partial charge in [-0.05, 0) is 55.5 Å². The molecule has 0 saturated heterocycles. The van der Waals surface area contributed by atoms with Gasteiger partial charge in [0.2, 0.25) is 0 Å². The van der Waals surface area contributed by atoms with Crippen molar-refractivity contribution in [1.82, 2.24) is 9.78 Å². The van der Waals surface area contributed by atoms with E-state index in [4.69, 9.17) is 9.47 Å². The van der Waals surface area contributed by atoms with Gasteiger partial charge in [0.1, 0.15) is 17.3 Å². The monoisotopic (exact) mass is 427 g/mol. The molecule has 0 unspecified atom stereocenters. The summed E-state index contributed by atoms with van der Waals surface area (Å²) < 4.78 is 36.3. The standard InChI is InChI=1S/C21H21N3O5S/c1-3-29-17-8-4-14(5-9-17)21(25)22-20-18-12-30(26,27)13-19(18)23-24(20)15-6-10-16(28-2)11-7-15/h4-11H,3,12-13H2,1-2H3,(H,22,25). The van der Waals surface area contributed by atoms with Gasteiger partial charge in [-0.3, -0.25) is 4.79 Å². The van der Waals surface area contributed by atoms with E-state index in [1.165, 1.54) is 0 Å². The van der Waals surface area contributed by atoms with E-state index in [-0.39, 0.29) is 17.4 Å². The van der Waals surface area contributed by atoms with Crippen LogP contribution in [0.4, 0.5) is 5.82 Å². The zero-order valence-electron chi connectivity index (χ0n) is 16.6. The first-order valence-corrected chi connectivity index (χ1v) is 11.2. The number of nitrogens with zero attached hydrogens (tertiary/aromatic N) is 2. The van der Waals surface area contributed by atoms with Crippen molar-refractivity contribution in [2.75, 3.05) is 19.0 Å². The van der Waals surface area contributed by atoms with Crippen LogP contribution in [0, 0.1) is 0 Å². The highest BCUT2D eigenvalue weighted by Crippen LogP contribution is 2.33. The fourth-order valence-electron chi connectivity index (χ4n) is 3.33. The fraction of sp³-hybridized carbons (Fsp3) is 0.238. The summed E-state index contributed by atoms with van der Waals surface area (Å²) >= 11 is 0. The normalized spacial score (nSPS) is 14.2. The number of ether oxygens (including phenoxy) is 2. The number of carbonyl (C=O) groups excluding carboxylic acids is 1. The van der Waals surface area contributed by atoms with E-state index in [9.17, 15) is 13.2 Å². The molecule has 0 atom stereocenters. The minimum Gasteiger partial charge on any atom is -0.497 e. The third kappa shape index (κ3) is 3.88. The zero-order valence-corrected chi connectivity index (χ0v) is 17.4. The molecular weight excluding hydrogens is 406 g/mol. The summed E-state index contributed by atoms with van der Waals surface area (Å²) in [6, 6.07) is 13.9. The molecule has 0 radical (unpaired) electrons. The van der Waals surface area contributed by atoms with E-state index in [1.54, 1.807) is 60.3 Å². The molecule has 1 aliphatic rings. The average molecular weight is 427 g/mol. The predicted octanol–water partition coefficient (Wildman–Crippen LogP) is 2.96.